The van der Waals surface area contributed by atoms with Crippen LogP contribution in [0.5, 0.6) is 0 Å². The van der Waals surface area contributed by atoms with Crippen LogP contribution in [0.15, 0.2) is 33.9 Å². The first-order chi connectivity index (χ1) is 7.11. The molecule has 2 aromatic rings. The van der Waals surface area contributed by atoms with Crippen molar-refractivity contribution in [3.05, 3.63) is 24.3 Å². The normalized spacial score (nSPS) is 12.2. The predicted octanol–water partition coefficient (Wildman–Crippen LogP) is 2.66. The number of thioether (sulfide) groups is 1. The van der Waals surface area contributed by atoms with Gasteiger partial charge in [-0.05, 0) is 26.0 Å². The molecular formula is C11H14N2OS. The van der Waals surface area contributed by atoms with E-state index in [-0.39, 0.29) is 4.75 Å². The zero-order valence-electron chi connectivity index (χ0n) is 8.86. The molecule has 4 heteroatoms. The van der Waals surface area contributed by atoms with Crippen molar-refractivity contribution in [2.75, 3.05) is 6.54 Å². The summed E-state index contributed by atoms with van der Waals surface area (Å²) >= 11 is 1.57. The maximum Gasteiger partial charge on any atom is 0.257 e. The average molecular weight is 222 g/mol. The van der Waals surface area contributed by atoms with E-state index >= 15 is 0 Å². The van der Waals surface area contributed by atoms with Crippen LogP contribution in [-0.4, -0.2) is 16.3 Å². The van der Waals surface area contributed by atoms with Crippen molar-refractivity contribution < 1.29 is 4.42 Å². The number of aromatic nitrogens is 1. The van der Waals surface area contributed by atoms with Gasteiger partial charge in [-0.3, -0.25) is 0 Å². The van der Waals surface area contributed by atoms with Gasteiger partial charge in [0.2, 0.25) is 0 Å². The molecule has 0 aliphatic heterocycles. The largest absolute Gasteiger partial charge is 0.431 e. The summed E-state index contributed by atoms with van der Waals surface area (Å²) in [6, 6.07) is 7.75. The smallest absolute Gasteiger partial charge is 0.257 e. The average Bonchev–Trinajstić information content (AvgIpc) is 2.58. The van der Waals surface area contributed by atoms with E-state index in [2.05, 4.69) is 18.8 Å². The minimum atomic E-state index is -0.0408. The van der Waals surface area contributed by atoms with Crippen LogP contribution in [0.3, 0.4) is 0 Å². The van der Waals surface area contributed by atoms with Crippen LogP contribution in [0.2, 0.25) is 0 Å². The lowest BCUT2D eigenvalue weighted by molar-refractivity contribution is 0.485. The second-order valence-corrected chi connectivity index (χ2v) is 5.67. The predicted molar refractivity (Wildman–Crippen MR) is 63.0 cm³/mol. The van der Waals surface area contributed by atoms with E-state index in [1.54, 1.807) is 11.8 Å². The number of benzene rings is 1. The molecule has 0 saturated carbocycles. The Kier molecular flexibility index (Phi) is 2.71. The summed E-state index contributed by atoms with van der Waals surface area (Å²) in [5, 5.41) is 0.687. The fourth-order valence-corrected chi connectivity index (χ4v) is 2.00. The molecule has 0 atom stereocenters. The molecule has 0 amide bonds. The molecule has 0 aliphatic carbocycles. The van der Waals surface area contributed by atoms with Crippen LogP contribution in [0.1, 0.15) is 13.8 Å². The van der Waals surface area contributed by atoms with Crippen LogP contribution < -0.4 is 5.73 Å². The van der Waals surface area contributed by atoms with Gasteiger partial charge in [-0.25, -0.2) is 4.98 Å². The van der Waals surface area contributed by atoms with Gasteiger partial charge in [0, 0.05) is 11.3 Å². The highest BCUT2D eigenvalue weighted by Crippen LogP contribution is 2.32. The number of hydrogen-bond acceptors (Lipinski definition) is 4. The summed E-state index contributed by atoms with van der Waals surface area (Å²) in [6.45, 7) is 4.75. The van der Waals surface area contributed by atoms with Crippen molar-refractivity contribution in [1.29, 1.82) is 0 Å². The fraction of sp³-hybridized carbons (Fsp3) is 0.364. The Bertz CT molecular complexity index is 431. The second kappa shape index (κ2) is 3.87. The number of hydrogen-bond donors (Lipinski definition) is 1. The summed E-state index contributed by atoms with van der Waals surface area (Å²) in [7, 11) is 0. The molecule has 0 spiro atoms. The number of oxazole rings is 1. The van der Waals surface area contributed by atoms with Crippen molar-refractivity contribution in [3.63, 3.8) is 0 Å². The SMILES string of the molecule is CC(C)(CN)Sc1nc2ccccc2o1. The molecule has 0 bridgehead atoms. The summed E-state index contributed by atoms with van der Waals surface area (Å²) in [4.78, 5) is 4.39. The van der Waals surface area contributed by atoms with Gasteiger partial charge in [0.15, 0.2) is 5.58 Å². The van der Waals surface area contributed by atoms with Crippen molar-refractivity contribution in [2.24, 2.45) is 5.73 Å². The highest BCUT2D eigenvalue weighted by Gasteiger charge is 2.20. The molecule has 15 heavy (non-hydrogen) atoms. The van der Waals surface area contributed by atoms with Gasteiger partial charge in [-0.2, -0.15) is 0 Å². The fourth-order valence-electron chi connectivity index (χ4n) is 1.17. The zero-order chi connectivity index (χ0) is 10.9. The van der Waals surface area contributed by atoms with Gasteiger partial charge in [0.25, 0.3) is 5.22 Å². The van der Waals surface area contributed by atoms with Gasteiger partial charge in [-0.1, -0.05) is 23.9 Å². The van der Waals surface area contributed by atoms with Gasteiger partial charge >= 0.3 is 0 Å². The van der Waals surface area contributed by atoms with Gasteiger partial charge < -0.3 is 10.2 Å². The van der Waals surface area contributed by atoms with E-state index in [4.69, 9.17) is 10.2 Å². The monoisotopic (exact) mass is 222 g/mol. The van der Waals surface area contributed by atoms with E-state index < -0.39 is 0 Å². The summed E-state index contributed by atoms with van der Waals surface area (Å²) in [5.74, 6) is 0. The Morgan fingerprint density at radius 2 is 2.13 bits per heavy atom. The Morgan fingerprint density at radius 3 is 2.80 bits per heavy atom. The Balaban J connectivity index is 2.30. The molecule has 80 valence electrons. The van der Waals surface area contributed by atoms with Crippen LogP contribution >= 0.6 is 11.8 Å². The lowest BCUT2D eigenvalue weighted by Gasteiger charge is -2.18. The minimum Gasteiger partial charge on any atom is -0.431 e. The number of fused-ring (bicyclic) bond motifs is 1. The number of rotatable bonds is 3. The molecule has 1 heterocycles. The van der Waals surface area contributed by atoms with E-state index in [0.29, 0.717) is 11.8 Å². The Labute approximate surface area is 93.0 Å². The maximum absolute atomic E-state index is 5.66. The van der Waals surface area contributed by atoms with E-state index in [9.17, 15) is 0 Å². The van der Waals surface area contributed by atoms with Crippen LogP contribution in [0.25, 0.3) is 11.1 Å². The zero-order valence-corrected chi connectivity index (χ0v) is 9.67. The first-order valence-corrected chi connectivity index (χ1v) is 5.67. The van der Waals surface area contributed by atoms with Gasteiger partial charge in [0.1, 0.15) is 5.52 Å². The molecule has 2 N–H and O–H groups in total. The Morgan fingerprint density at radius 1 is 1.40 bits per heavy atom. The van der Waals surface area contributed by atoms with Crippen LogP contribution in [-0.2, 0) is 0 Å². The Hall–Kier alpha value is -1.00. The van der Waals surface area contributed by atoms with Crippen LogP contribution in [0, 0.1) is 0 Å². The molecule has 0 radical (unpaired) electrons. The summed E-state index contributed by atoms with van der Waals surface area (Å²) in [6.07, 6.45) is 0. The minimum absolute atomic E-state index is 0.0408. The molecule has 0 aliphatic rings. The van der Waals surface area contributed by atoms with E-state index in [0.717, 1.165) is 11.1 Å². The molecular weight excluding hydrogens is 208 g/mol. The van der Waals surface area contributed by atoms with Crippen molar-refractivity contribution in [3.8, 4) is 0 Å². The third-order valence-electron chi connectivity index (χ3n) is 2.13. The standard InChI is InChI=1S/C11H14N2OS/c1-11(2,7-12)15-10-13-8-5-3-4-6-9(8)14-10/h3-6H,7,12H2,1-2H3. The third-order valence-corrected chi connectivity index (χ3v) is 3.20. The molecule has 0 fully saturated rings. The molecule has 0 saturated heterocycles. The highest BCUT2D eigenvalue weighted by molar-refractivity contribution is 8.00. The lowest BCUT2D eigenvalue weighted by atomic mass is 10.2. The topological polar surface area (TPSA) is 52.0 Å². The van der Waals surface area contributed by atoms with Gasteiger partial charge in [0.05, 0.1) is 0 Å². The number of nitrogens with zero attached hydrogens (tertiary/aromatic N) is 1. The molecule has 1 aromatic carbocycles. The maximum atomic E-state index is 5.66. The first-order valence-electron chi connectivity index (χ1n) is 4.85. The first kappa shape index (κ1) is 10.5. The molecule has 1 aromatic heterocycles. The number of para-hydroxylation sites is 2. The summed E-state index contributed by atoms with van der Waals surface area (Å²) in [5.41, 5.74) is 7.38. The lowest BCUT2D eigenvalue weighted by Crippen LogP contribution is -2.26. The molecule has 3 nitrogen and oxygen atoms in total. The van der Waals surface area contributed by atoms with Crippen LogP contribution in [0.4, 0.5) is 0 Å². The van der Waals surface area contributed by atoms with Crippen molar-refractivity contribution >= 4 is 22.9 Å². The quantitative estimate of drug-likeness (QED) is 0.811. The van der Waals surface area contributed by atoms with Gasteiger partial charge in [-0.15, -0.1) is 0 Å². The van der Waals surface area contributed by atoms with E-state index in [1.807, 2.05) is 24.3 Å². The van der Waals surface area contributed by atoms with Crippen molar-refractivity contribution in [1.82, 2.24) is 4.98 Å². The van der Waals surface area contributed by atoms with E-state index in [1.165, 1.54) is 0 Å². The summed E-state index contributed by atoms with van der Waals surface area (Å²) < 4.78 is 5.56. The number of nitrogens with two attached hydrogens (primary N) is 1. The molecule has 0 unspecified atom stereocenters. The third kappa shape index (κ3) is 2.33. The second-order valence-electron chi connectivity index (χ2n) is 4.01. The highest BCUT2D eigenvalue weighted by atomic mass is 32.2. The molecule has 2 rings (SSSR count). The van der Waals surface area contributed by atoms with Crippen molar-refractivity contribution in [2.45, 2.75) is 23.8 Å².